The van der Waals surface area contributed by atoms with Gasteiger partial charge in [0.25, 0.3) is 0 Å². The summed E-state index contributed by atoms with van der Waals surface area (Å²) in [6.07, 6.45) is 3.72. The number of nitriles is 1. The molecule has 0 atom stereocenters. The van der Waals surface area contributed by atoms with Crippen LogP contribution in [-0.4, -0.2) is 36.8 Å². The van der Waals surface area contributed by atoms with Crippen molar-refractivity contribution < 1.29 is 4.74 Å². The number of nitrogen functional groups attached to an aromatic ring is 1. The van der Waals surface area contributed by atoms with Crippen LogP contribution in [-0.2, 0) is 11.2 Å². The molecule has 0 aliphatic carbocycles. The molecule has 0 aromatic carbocycles. The molecule has 1 aromatic heterocycles. The molecule has 0 fully saturated rings. The van der Waals surface area contributed by atoms with Crippen LogP contribution in [0.15, 0.2) is 6.33 Å². The van der Waals surface area contributed by atoms with E-state index in [-0.39, 0.29) is 0 Å². The van der Waals surface area contributed by atoms with Crippen molar-refractivity contribution >= 4 is 11.6 Å². The summed E-state index contributed by atoms with van der Waals surface area (Å²) in [6, 6.07) is 2.15. The van der Waals surface area contributed by atoms with E-state index in [1.54, 1.807) is 7.11 Å². The van der Waals surface area contributed by atoms with Crippen molar-refractivity contribution in [1.82, 2.24) is 9.97 Å². The summed E-state index contributed by atoms with van der Waals surface area (Å²) < 4.78 is 5.10. The first-order valence-electron chi connectivity index (χ1n) is 6.44. The molecular weight excluding hydrogens is 242 g/mol. The Labute approximate surface area is 114 Å². The molecule has 19 heavy (non-hydrogen) atoms. The molecule has 0 aliphatic rings. The number of anilines is 2. The van der Waals surface area contributed by atoms with Gasteiger partial charge in [0.1, 0.15) is 18.0 Å². The highest BCUT2D eigenvalue weighted by molar-refractivity contribution is 5.56. The minimum absolute atomic E-state index is 0.444. The van der Waals surface area contributed by atoms with Crippen LogP contribution in [0, 0.1) is 11.3 Å². The van der Waals surface area contributed by atoms with Gasteiger partial charge in [-0.15, -0.1) is 0 Å². The zero-order chi connectivity index (χ0) is 14.1. The maximum Gasteiger partial charge on any atom is 0.137 e. The van der Waals surface area contributed by atoms with Crippen molar-refractivity contribution in [2.24, 2.45) is 0 Å². The average Bonchev–Trinajstić information content (AvgIpc) is 2.42. The fourth-order valence-corrected chi connectivity index (χ4v) is 1.89. The summed E-state index contributed by atoms with van der Waals surface area (Å²) in [6.45, 7) is 3.98. The summed E-state index contributed by atoms with van der Waals surface area (Å²) in [5.41, 5.74) is 6.89. The highest BCUT2D eigenvalue weighted by Gasteiger charge is 2.15. The maximum absolute atomic E-state index is 8.75. The zero-order valence-corrected chi connectivity index (χ0v) is 11.6. The average molecular weight is 263 g/mol. The molecule has 0 amide bonds. The summed E-state index contributed by atoms with van der Waals surface area (Å²) in [5, 5.41) is 8.75. The summed E-state index contributed by atoms with van der Waals surface area (Å²) in [5.74, 6) is 1.34. The number of nitrogens with zero attached hydrogens (tertiary/aromatic N) is 4. The van der Waals surface area contributed by atoms with Gasteiger partial charge in [-0.05, 0) is 6.42 Å². The number of hydrogen-bond acceptors (Lipinski definition) is 6. The van der Waals surface area contributed by atoms with E-state index in [9.17, 15) is 0 Å². The second kappa shape index (κ2) is 8.27. The van der Waals surface area contributed by atoms with E-state index in [2.05, 4.69) is 23.0 Å². The molecule has 6 nitrogen and oxygen atoms in total. The Morgan fingerprint density at radius 2 is 2.21 bits per heavy atom. The first kappa shape index (κ1) is 15.2. The Bertz CT molecular complexity index is 430. The zero-order valence-electron chi connectivity index (χ0n) is 11.6. The third-order valence-electron chi connectivity index (χ3n) is 2.81. The molecule has 0 aliphatic heterocycles. The van der Waals surface area contributed by atoms with E-state index in [1.807, 2.05) is 4.90 Å². The lowest BCUT2D eigenvalue weighted by molar-refractivity contribution is 0.205. The van der Waals surface area contributed by atoms with Crippen LogP contribution in [0.25, 0.3) is 0 Å². The Balaban J connectivity index is 2.99. The quantitative estimate of drug-likeness (QED) is 0.762. The normalized spacial score (nSPS) is 10.2. The summed E-state index contributed by atoms with van der Waals surface area (Å²) >= 11 is 0. The van der Waals surface area contributed by atoms with Crippen molar-refractivity contribution in [2.75, 3.05) is 37.4 Å². The van der Waals surface area contributed by atoms with Crippen LogP contribution in [0.3, 0.4) is 0 Å². The standard InChI is InChI=1S/C13H21N5O/c1-3-5-11-12(15)16-10-17-13(11)18(7-4-6-14)8-9-19-2/h10H,3-5,7-9H2,1-2H3,(H2,15,16,17). The predicted molar refractivity (Wildman–Crippen MR) is 74.8 cm³/mol. The Morgan fingerprint density at radius 1 is 1.42 bits per heavy atom. The lowest BCUT2D eigenvalue weighted by Crippen LogP contribution is -2.30. The van der Waals surface area contributed by atoms with Crippen molar-refractivity contribution in [2.45, 2.75) is 26.2 Å². The molecular formula is C13H21N5O. The monoisotopic (exact) mass is 263 g/mol. The van der Waals surface area contributed by atoms with Gasteiger partial charge in [-0.1, -0.05) is 13.3 Å². The van der Waals surface area contributed by atoms with Gasteiger partial charge in [0.05, 0.1) is 19.1 Å². The Morgan fingerprint density at radius 3 is 2.84 bits per heavy atom. The van der Waals surface area contributed by atoms with E-state index in [4.69, 9.17) is 15.7 Å². The van der Waals surface area contributed by atoms with Crippen molar-refractivity contribution in [3.05, 3.63) is 11.9 Å². The number of rotatable bonds is 8. The van der Waals surface area contributed by atoms with Crippen LogP contribution >= 0.6 is 0 Å². The smallest absolute Gasteiger partial charge is 0.137 e. The van der Waals surface area contributed by atoms with E-state index in [0.29, 0.717) is 31.9 Å². The van der Waals surface area contributed by atoms with Crippen LogP contribution < -0.4 is 10.6 Å². The molecule has 0 saturated carbocycles. The number of ether oxygens (including phenoxy) is 1. The van der Waals surface area contributed by atoms with Crippen molar-refractivity contribution in [3.63, 3.8) is 0 Å². The third-order valence-corrected chi connectivity index (χ3v) is 2.81. The third kappa shape index (κ3) is 4.38. The highest BCUT2D eigenvalue weighted by atomic mass is 16.5. The Kier molecular flexibility index (Phi) is 6.61. The van der Waals surface area contributed by atoms with Crippen LogP contribution in [0.4, 0.5) is 11.6 Å². The van der Waals surface area contributed by atoms with E-state index < -0.39 is 0 Å². The molecule has 2 N–H and O–H groups in total. The van der Waals surface area contributed by atoms with Gasteiger partial charge in [0.15, 0.2) is 0 Å². The van der Waals surface area contributed by atoms with Gasteiger partial charge in [-0.2, -0.15) is 5.26 Å². The van der Waals surface area contributed by atoms with Gasteiger partial charge in [0, 0.05) is 25.8 Å². The fraction of sp³-hybridized carbons (Fsp3) is 0.615. The second-order valence-electron chi connectivity index (χ2n) is 4.20. The van der Waals surface area contributed by atoms with Crippen molar-refractivity contribution in [1.29, 1.82) is 5.26 Å². The highest BCUT2D eigenvalue weighted by Crippen LogP contribution is 2.23. The number of nitrogens with two attached hydrogens (primary N) is 1. The summed E-state index contributed by atoms with van der Waals surface area (Å²) in [4.78, 5) is 10.4. The largest absolute Gasteiger partial charge is 0.383 e. The topological polar surface area (TPSA) is 88.1 Å². The van der Waals surface area contributed by atoms with Gasteiger partial charge in [0.2, 0.25) is 0 Å². The lowest BCUT2D eigenvalue weighted by atomic mass is 10.1. The second-order valence-corrected chi connectivity index (χ2v) is 4.20. The number of hydrogen-bond donors (Lipinski definition) is 1. The molecule has 1 rings (SSSR count). The van der Waals surface area contributed by atoms with Gasteiger partial charge in [-0.3, -0.25) is 0 Å². The molecule has 104 valence electrons. The molecule has 0 saturated heterocycles. The fourth-order valence-electron chi connectivity index (χ4n) is 1.89. The van der Waals surface area contributed by atoms with E-state index in [1.165, 1.54) is 6.33 Å². The van der Waals surface area contributed by atoms with Gasteiger partial charge in [-0.25, -0.2) is 9.97 Å². The first-order valence-corrected chi connectivity index (χ1v) is 6.44. The molecule has 0 bridgehead atoms. The minimum atomic E-state index is 0.444. The predicted octanol–water partition coefficient (Wildman–Crippen LogP) is 1.38. The van der Waals surface area contributed by atoms with Crippen LogP contribution in [0.2, 0.25) is 0 Å². The van der Waals surface area contributed by atoms with Gasteiger partial charge >= 0.3 is 0 Å². The molecule has 1 aromatic rings. The number of aromatic nitrogens is 2. The molecule has 0 unspecified atom stereocenters. The summed E-state index contributed by atoms with van der Waals surface area (Å²) in [7, 11) is 1.66. The van der Waals surface area contributed by atoms with Crippen LogP contribution in [0.5, 0.6) is 0 Å². The molecule has 6 heteroatoms. The SMILES string of the molecule is CCCc1c(N)ncnc1N(CCC#N)CCOC. The van der Waals surface area contributed by atoms with Crippen LogP contribution in [0.1, 0.15) is 25.3 Å². The maximum atomic E-state index is 8.75. The molecule has 1 heterocycles. The Hall–Kier alpha value is -1.87. The number of methoxy groups -OCH3 is 1. The lowest BCUT2D eigenvalue weighted by Gasteiger charge is -2.25. The van der Waals surface area contributed by atoms with E-state index >= 15 is 0 Å². The van der Waals surface area contributed by atoms with Crippen molar-refractivity contribution in [3.8, 4) is 6.07 Å². The van der Waals surface area contributed by atoms with E-state index in [0.717, 1.165) is 24.2 Å². The first-order chi connectivity index (χ1) is 9.24. The minimum Gasteiger partial charge on any atom is -0.383 e. The van der Waals surface area contributed by atoms with Gasteiger partial charge < -0.3 is 15.4 Å². The molecule has 0 spiro atoms. The molecule has 0 radical (unpaired) electrons.